The highest BCUT2D eigenvalue weighted by Crippen LogP contribution is 2.47. The highest BCUT2D eigenvalue weighted by Gasteiger charge is 2.43. The zero-order valence-corrected chi connectivity index (χ0v) is 18.0. The predicted molar refractivity (Wildman–Crippen MR) is 129 cm³/mol. The Morgan fingerprint density at radius 1 is 0.848 bits per heavy atom. The smallest absolute Gasteiger partial charge is 0.228 e. The van der Waals surface area contributed by atoms with Gasteiger partial charge in [0.05, 0.1) is 11.0 Å². The molecule has 33 heavy (non-hydrogen) atoms. The van der Waals surface area contributed by atoms with E-state index in [4.69, 9.17) is 0 Å². The molecule has 0 spiro atoms. The maximum atomic E-state index is 12.7. The first-order valence-electron chi connectivity index (χ1n) is 11.4. The number of rotatable bonds is 6. The number of aromatic nitrogens is 2. The summed E-state index contributed by atoms with van der Waals surface area (Å²) in [6.07, 6.45) is 2.86. The summed E-state index contributed by atoms with van der Waals surface area (Å²) in [5.41, 5.74) is 5.42. The summed E-state index contributed by atoms with van der Waals surface area (Å²) in [5.74, 6) is 1.43. The Morgan fingerprint density at radius 3 is 2.33 bits per heavy atom. The van der Waals surface area contributed by atoms with Crippen LogP contribution in [-0.4, -0.2) is 21.8 Å². The van der Waals surface area contributed by atoms with Crippen molar-refractivity contribution in [2.24, 2.45) is 11.8 Å². The molecule has 1 aromatic heterocycles. The molecule has 2 aliphatic carbocycles. The van der Waals surface area contributed by atoms with Gasteiger partial charge in [0.25, 0.3) is 0 Å². The number of carbonyl (C=O) groups excluding carboxylic acids is 2. The molecule has 2 fully saturated rings. The van der Waals surface area contributed by atoms with E-state index in [0.717, 1.165) is 53.1 Å². The number of carbonyl (C=O) groups is 2. The molecular formula is C27H24N4O2. The van der Waals surface area contributed by atoms with Crippen molar-refractivity contribution < 1.29 is 9.59 Å². The molecular weight excluding hydrogens is 412 g/mol. The van der Waals surface area contributed by atoms with Crippen molar-refractivity contribution in [3.8, 4) is 11.4 Å². The number of hydrogen-bond donors (Lipinski definition) is 3. The van der Waals surface area contributed by atoms with Crippen LogP contribution in [0.1, 0.15) is 30.7 Å². The average molecular weight is 437 g/mol. The Bertz CT molecular complexity index is 1340. The Balaban J connectivity index is 1.14. The van der Waals surface area contributed by atoms with E-state index in [1.54, 1.807) is 0 Å². The van der Waals surface area contributed by atoms with Gasteiger partial charge in [0, 0.05) is 28.8 Å². The summed E-state index contributed by atoms with van der Waals surface area (Å²) in [6, 6.07) is 23.6. The molecule has 0 bridgehead atoms. The van der Waals surface area contributed by atoms with Crippen molar-refractivity contribution in [3.63, 3.8) is 0 Å². The molecule has 2 amide bonds. The van der Waals surface area contributed by atoms with E-state index < -0.39 is 0 Å². The van der Waals surface area contributed by atoms with Gasteiger partial charge in [-0.2, -0.15) is 0 Å². The zero-order chi connectivity index (χ0) is 22.4. The van der Waals surface area contributed by atoms with Crippen molar-refractivity contribution in [3.05, 3.63) is 78.4 Å². The molecule has 6 heteroatoms. The van der Waals surface area contributed by atoms with Crippen LogP contribution in [0.25, 0.3) is 22.4 Å². The highest BCUT2D eigenvalue weighted by atomic mass is 16.2. The SMILES string of the molecule is O=C(Nc1ccc(-c2nc3ccc(NC(=O)[C@@H]4C[C@H]4c4ccccc4)cc3[nH]2)cc1)C1CC1. The maximum absolute atomic E-state index is 12.7. The van der Waals surface area contributed by atoms with Gasteiger partial charge in [-0.15, -0.1) is 0 Å². The van der Waals surface area contributed by atoms with E-state index in [1.165, 1.54) is 5.56 Å². The summed E-state index contributed by atoms with van der Waals surface area (Å²) < 4.78 is 0. The summed E-state index contributed by atoms with van der Waals surface area (Å²) in [5, 5.41) is 6.01. The predicted octanol–water partition coefficient (Wildman–Crippen LogP) is 5.32. The molecule has 6 rings (SSSR count). The standard InChI is InChI=1S/C27H24N4O2/c32-26(18-6-7-18)28-19-10-8-17(9-11-19)25-30-23-13-12-20(14-24(23)31-25)29-27(33)22-15-21(22)16-4-2-1-3-5-16/h1-5,8-14,18,21-22H,6-7,15H2,(H,28,32)(H,29,33)(H,30,31)/t21-,22+/m0/s1. The largest absolute Gasteiger partial charge is 0.338 e. The lowest BCUT2D eigenvalue weighted by Gasteiger charge is -2.05. The van der Waals surface area contributed by atoms with Crippen molar-refractivity contribution >= 4 is 34.2 Å². The number of hydrogen-bond acceptors (Lipinski definition) is 3. The van der Waals surface area contributed by atoms with Gasteiger partial charge in [-0.05, 0) is 73.2 Å². The van der Waals surface area contributed by atoms with Gasteiger partial charge in [0.15, 0.2) is 0 Å². The number of aromatic amines is 1. The minimum atomic E-state index is 0.0272. The summed E-state index contributed by atoms with van der Waals surface area (Å²) >= 11 is 0. The highest BCUT2D eigenvalue weighted by molar-refractivity contribution is 5.97. The summed E-state index contributed by atoms with van der Waals surface area (Å²) in [6.45, 7) is 0. The summed E-state index contributed by atoms with van der Waals surface area (Å²) in [4.78, 5) is 32.7. The number of H-pyrrole nitrogens is 1. The van der Waals surface area contributed by atoms with Gasteiger partial charge in [-0.25, -0.2) is 4.98 Å². The van der Waals surface area contributed by atoms with Crippen LogP contribution in [0.4, 0.5) is 11.4 Å². The average Bonchev–Trinajstić information content (AvgIpc) is 3.76. The fraction of sp³-hybridized carbons (Fsp3) is 0.222. The van der Waals surface area contributed by atoms with Crippen LogP contribution in [0.2, 0.25) is 0 Å². The molecule has 3 N–H and O–H groups in total. The Kier molecular flexibility index (Phi) is 4.72. The quantitative estimate of drug-likeness (QED) is 0.382. The van der Waals surface area contributed by atoms with Gasteiger partial charge < -0.3 is 15.6 Å². The molecule has 3 aromatic carbocycles. The normalized spacial score (nSPS) is 19.3. The van der Waals surface area contributed by atoms with E-state index >= 15 is 0 Å². The third kappa shape index (κ3) is 4.12. The van der Waals surface area contributed by atoms with Crippen molar-refractivity contribution in [1.82, 2.24) is 9.97 Å². The molecule has 1 heterocycles. The summed E-state index contributed by atoms with van der Waals surface area (Å²) in [7, 11) is 0. The second-order valence-electron chi connectivity index (χ2n) is 9.01. The number of nitrogens with zero attached hydrogens (tertiary/aromatic N) is 1. The molecule has 4 aromatic rings. The Hall–Kier alpha value is -3.93. The first-order chi connectivity index (χ1) is 16.1. The molecule has 2 atom stereocenters. The van der Waals surface area contributed by atoms with Crippen molar-refractivity contribution in [2.45, 2.75) is 25.2 Å². The molecule has 164 valence electrons. The first kappa shape index (κ1) is 19.7. The van der Waals surface area contributed by atoms with Gasteiger partial charge in [0.1, 0.15) is 5.82 Å². The van der Waals surface area contributed by atoms with E-state index in [2.05, 4.69) is 32.7 Å². The Morgan fingerprint density at radius 2 is 1.58 bits per heavy atom. The second-order valence-corrected chi connectivity index (χ2v) is 9.01. The van der Waals surface area contributed by atoms with E-state index in [0.29, 0.717) is 5.92 Å². The molecule has 2 saturated carbocycles. The monoisotopic (exact) mass is 436 g/mol. The third-order valence-electron chi connectivity index (χ3n) is 6.48. The molecule has 6 nitrogen and oxygen atoms in total. The van der Waals surface area contributed by atoms with Gasteiger partial charge >= 0.3 is 0 Å². The number of benzene rings is 3. The number of nitrogens with one attached hydrogen (secondary N) is 3. The zero-order valence-electron chi connectivity index (χ0n) is 18.0. The lowest BCUT2D eigenvalue weighted by molar-refractivity contribution is -0.118. The van der Waals surface area contributed by atoms with E-state index in [-0.39, 0.29) is 23.7 Å². The molecule has 0 saturated heterocycles. The fourth-order valence-electron chi connectivity index (χ4n) is 4.31. The first-order valence-corrected chi connectivity index (χ1v) is 11.4. The molecule has 0 unspecified atom stereocenters. The van der Waals surface area contributed by atoms with Crippen LogP contribution < -0.4 is 10.6 Å². The van der Waals surface area contributed by atoms with Crippen LogP contribution >= 0.6 is 0 Å². The van der Waals surface area contributed by atoms with E-state index in [9.17, 15) is 9.59 Å². The molecule has 2 aliphatic rings. The molecule has 0 radical (unpaired) electrons. The fourth-order valence-corrected chi connectivity index (χ4v) is 4.31. The van der Waals surface area contributed by atoms with Crippen LogP contribution in [0.3, 0.4) is 0 Å². The van der Waals surface area contributed by atoms with Crippen LogP contribution in [-0.2, 0) is 9.59 Å². The minimum absolute atomic E-state index is 0.0272. The van der Waals surface area contributed by atoms with E-state index in [1.807, 2.05) is 60.7 Å². The van der Waals surface area contributed by atoms with Crippen molar-refractivity contribution in [1.29, 1.82) is 0 Å². The number of anilines is 2. The van der Waals surface area contributed by atoms with Gasteiger partial charge in [-0.1, -0.05) is 30.3 Å². The lowest BCUT2D eigenvalue weighted by atomic mass is 10.1. The second kappa shape index (κ2) is 7.89. The van der Waals surface area contributed by atoms with Gasteiger partial charge in [-0.3, -0.25) is 9.59 Å². The van der Waals surface area contributed by atoms with Crippen LogP contribution in [0.15, 0.2) is 72.8 Å². The topological polar surface area (TPSA) is 86.9 Å². The minimum Gasteiger partial charge on any atom is -0.338 e. The lowest BCUT2D eigenvalue weighted by Crippen LogP contribution is -2.14. The number of imidazole rings is 1. The van der Waals surface area contributed by atoms with Crippen molar-refractivity contribution in [2.75, 3.05) is 10.6 Å². The third-order valence-corrected chi connectivity index (χ3v) is 6.48. The van der Waals surface area contributed by atoms with Crippen LogP contribution in [0.5, 0.6) is 0 Å². The number of amides is 2. The Labute approximate surface area is 191 Å². The number of fused-ring (bicyclic) bond motifs is 1. The van der Waals surface area contributed by atoms with Gasteiger partial charge in [0.2, 0.25) is 11.8 Å². The maximum Gasteiger partial charge on any atom is 0.228 e. The molecule has 0 aliphatic heterocycles. The van der Waals surface area contributed by atoms with Crippen LogP contribution in [0, 0.1) is 11.8 Å².